The van der Waals surface area contributed by atoms with E-state index in [2.05, 4.69) is 10.4 Å². The van der Waals surface area contributed by atoms with E-state index in [0.717, 1.165) is 16.8 Å². The van der Waals surface area contributed by atoms with Gasteiger partial charge < -0.3 is 25.6 Å². The van der Waals surface area contributed by atoms with Gasteiger partial charge in [-0.15, -0.1) is 0 Å². The summed E-state index contributed by atoms with van der Waals surface area (Å²) in [5, 5.41) is 18.4. The number of hydrogen-bond donors (Lipinski definition) is 3. The zero-order chi connectivity index (χ0) is 35.5. The number of aliphatic hydroxyl groups is 1. The van der Waals surface area contributed by atoms with Crippen LogP contribution in [0.2, 0.25) is 0 Å². The summed E-state index contributed by atoms with van der Waals surface area (Å²) in [5.41, 5.74) is 2.26. The molecule has 1 unspecified atom stereocenters. The number of thioether (sulfide) groups is 1. The van der Waals surface area contributed by atoms with Gasteiger partial charge in [-0.3, -0.25) is 14.4 Å². The monoisotopic (exact) mass is 700 g/mol. The molecule has 3 saturated carbocycles. The van der Waals surface area contributed by atoms with Crippen LogP contribution in [0.25, 0.3) is 11.8 Å². The number of ether oxygens (including phenoxy) is 2. The highest BCUT2D eigenvalue weighted by atomic mass is 32.2. The highest BCUT2D eigenvalue weighted by molar-refractivity contribution is 8.13. The van der Waals surface area contributed by atoms with Crippen molar-refractivity contribution in [2.24, 2.45) is 34.3 Å². The molecular weight excluding hydrogens is 658 g/mol. The standard InChI is InChI=1S/C35H42F2N4O7S/c1-19-10-25-24-9-8-22-12-26-21(15-40-41(26)23-7-5-6-20(11-23)30(45)39-16-28(38)43)13-32(22,2)34(24,37)27(42)14-33(25,3)35(19,31(46)49-18-36)48-29(44)17-47-4/h5-7,11-12,15,19,24-25,27,42H,8-10,13-14,16-18H2,1-4H3,(H2,38,43)(H,39,45)/t19-,24+,25+,27?,32+,33+,34+,35+/m1/s1. The Labute approximate surface area is 287 Å². The number of methoxy groups -OCH3 is 1. The number of esters is 1. The van der Waals surface area contributed by atoms with E-state index in [1.165, 1.54) is 7.11 Å². The smallest absolute Gasteiger partial charge is 0.333 e. The summed E-state index contributed by atoms with van der Waals surface area (Å²) < 4.78 is 44.5. The third-order valence-electron chi connectivity index (χ3n) is 11.9. The molecule has 0 spiro atoms. The molecule has 264 valence electrons. The molecule has 3 fully saturated rings. The molecule has 4 aliphatic carbocycles. The molecule has 0 bridgehead atoms. The van der Waals surface area contributed by atoms with Crippen LogP contribution in [0.3, 0.4) is 0 Å². The minimum atomic E-state index is -2.10. The third kappa shape index (κ3) is 5.15. The van der Waals surface area contributed by atoms with Crippen molar-refractivity contribution < 1.29 is 42.5 Å². The van der Waals surface area contributed by atoms with Gasteiger partial charge in [-0.2, -0.15) is 5.10 Å². The number of allylic oxidation sites excluding steroid dienone is 1. The van der Waals surface area contributed by atoms with Gasteiger partial charge >= 0.3 is 5.97 Å². The van der Waals surface area contributed by atoms with Crippen LogP contribution in [-0.2, 0) is 30.3 Å². The molecule has 2 aromatic rings. The molecule has 1 aromatic carbocycles. The zero-order valence-corrected chi connectivity index (χ0v) is 28.8. The average Bonchev–Trinajstić information content (AvgIpc) is 3.55. The first kappa shape index (κ1) is 35.2. The van der Waals surface area contributed by atoms with E-state index in [-0.39, 0.29) is 19.4 Å². The molecule has 1 aromatic heterocycles. The van der Waals surface area contributed by atoms with Crippen molar-refractivity contribution in [2.75, 3.05) is 26.3 Å². The zero-order valence-electron chi connectivity index (χ0n) is 28.0. The van der Waals surface area contributed by atoms with Crippen molar-refractivity contribution in [3.05, 3.63) is 52.9 Å². The Hall–Kier alpha value is -3.62. The number of primary amides is 1. The number of carbonyl (C=O) groups excluding carboxylic acids is 4. The summed E-state index contributed by atoms with van der Waals surface area (Å²) in [6, 6.07) is 5.73. The van der Waals surface area contributed by atoms with Crippen LogP contribution in [0.1, 0.15) is 68.1 Å². The quantitative estimate of drug-likeness (QED) is 0.331. The lowest BCUT2D eigenvalue weighted by Crippen LogP contribution is -2.70. The first-order valence-electron chi connectivity index (χ1n) is 16.4. The number of amides is 2. The molecule has 1 heterocycles. The second-order valence-electron chi connectivity index (χ2n) is 14.3. The van der Waals surface area contributed by atoms with Gasteiger partial charge in [0.25, 0.3) is 5.91 Å². The number of nitrogens with two attached hydrogens (primary N) is 1. The van der Waals surface area contributed by atoms with Gasteiger partial charge in [0, 0.05) is 35.3 Å². The van der Waals surface area contributed by atoms with Crippen LogP contribution in [0.5, 0.6) is 0 Å². The predicted molar refractivity (Wildman–Crippen MR) is 177 cm³/mol. The van der Waals surface area contributed by atoms with E-state index >= 15 is 4.39 Å². The van der Waals surface area contributed by atoms with Crippen molar-refractivity contribution in [1.82, 2.24) is 15.1 Å². The van der Waals surface area contributed by atoms with E-state index in [9.17, 15) is 28.7 Å². The molecule has 8 atom stereocenters. The molecule has 4 N–H and O–H groups in total. The number of benzene rings is 1. The van der Waals surface area contributed by atoms with Crippen LogP contribution < -0.4 is 11.1 Å². The van der Waals surface area contributed by atoms with Crippen LogP contribution in [0, 0.1) is 28.6 Å². The number of fused-ring (bicyclic) bond motifs is 6. The van der Waals surface area contributed by atoms with Crippen molar-refractivity contribution >= 4 is 40.7 Å². The maximum absolute atomic E-state index is 18.3. The lowest BCUT2D eigenvalue weighted by molar-refractivity contribution is -0.231. The van der Waals surface area contributed by atoms with E-state index < -0.39 is 81.5 Å². The maximum atomic E-state index is 18.3. The Morgan fingerprint density at radius 2 is 1.98 bits per heavy atom. The maximum Gasteiger partial charge on any atom is 0.333 e. The van der Waals surface area contributed by atoms with E-state index in [0.29, 0.717) is 42.3 Å². The molecule has 0 saturated heterocycles. The van der Waals surface area contributed by atoms with Crippen molar-refractivity contribution in [3.8, 4) is 5.69 Å². The summed E-state index contributed by atoms with van der Waals surface area (Å²) in [6.07, 6.45) is 3.43. The topological polar surface area (TPSA) is 163 Å². The number of halogens is 2. The third-order valence-corrected chi connectivity index (χ3v) is 12.6. The van der Waals surface area contributed by atoms with Crippen LogP contribution in [0.15, 0.2) is 36.0 Å². The minimum Gasteiger partial charge on any atom is -0.447 e. The molecular formula is C35H42F2N4O7S. The summed E-state index contributed by atoms with van der Waals surface area (Å²) in [5.74, 6) is -3.58. The number of alkyl halides is 2. The molecule has 6 rings (SSSR count). The van der Waals surface area contributed by atoms with Gasteiger partial charge in [0.05, 0.1) is 30.2 Å². The van der Waals surface area contributed by atoms with Crippen LogP contribution in [-0.4, -0.2) is 81.4 Å². The fraction of sp³-hybridized carbons (Fsp3) is 0.571. The molecule has 4 aliphatic rings. The SMILES string of the molecule is COCC(=O)O[C@]1(C(=O)SCF)[C@H](C)C[C@H]2[C@@H]3CCC4=Cc5c(cnn5-c5cccc(C(=O)NCC(N)=O)c5)C[C@]4(C)[C@@]3(F)C(O)C[C@@]21C. The molecule has 14 heteroatoms. The predicted octanol–water partition coefficient (Wildman–Crippen LogP) is 3.69. The van der Waals surface area contributed by atoms with Crippen LogP contribution in [0.4, 0.5) is 8.78 Å². The molecule has 0 aliphatic heterocycles. The lowest BCUT2D eigenvalue weighted by atomic mass is 9.44. The Bertz CT molecular complexity index is 1730. The number of aliphatic hydroxyl groups excluding tert-OH is 1. The van der Waals surface area contributed by atoms with E-state index in [1.807, 2.05) is 13.0 Å². The van der Waals surface area contributed by atoms with Crippen molar-refractivity contribution in [3.63, 3.8) is 0 Å². The Morgan fingerprint density at radius 1 is 1.22 bits per heavy atom. The average molecular weight is 701 g/mol. The van der Waals surface area contributed by atoms with Crippen molar-refractivity contribution in [1.29, 1.82) is 0 Å². The van der Waals surface area contributed by atoms with Gasteiger partial charge in [0.1, 0.15) is 18.3 Å². The second kappa shape index (κ2) is 12.6. The normalized spacial score (nSPS) is 34.5. The summed E-state index contributed by atoms with van der Waals surface area (Å²) in [7, 11) is 1.33. The lowest BCUT2D eigenvalue weighted by Gasteiger charge is -2.63. The van der Waals surface area contributed by atoms with E-state index in [1.54, 1.807) is 49.0 Å². The first-order valence-corrected chi connectivity index (χ1v) is 17.4. The van der Waals surface area contributed by atoms with Gasteiger partial charge in [-0.1, -0.05) is 32.4 Å². The molecule has 0 radical (unpaired) electrons. The number of aromatic nitrogens is 2. The number of nitrogens with zero attached hydrogens (tertiary/aromatic N) is 2. The fourth-order valence-corrected chi connectivity index (χ4v) is 10.6. The van der Waals surface area contributed by atoms with Crippen LogP contribution >= 0.6 is 11.8 Å². The van der Waals surface area contributed by atoms with Gasteiger partial charge in [-0.05, 0) is 79.6 Å². The molecule has 11 nitrogen and oxygen atoms in total. The van der Waals surface area contributed by atoms with Gasteiger partial charge in [0.15, 0.2) is 5.60 Å². The Morgan fingerprint density at radius 3 is 2.67 bits per heavy atom. The highest BCUT2D eigenvalue weighted by Crippen LogP contribution is 2.72. The highest BCUT2D eigenvalue weighted by Gasteiger charge is 2.77. The number of rotatable bonds is 9. The number of nitrogens with one attached hydrogen (secondary N) is 1. The summed E-state index contributed by atoms with van der Waals surface area (Å²) in [4.78, 5) is 50.4. The first-order chi connectivity index (χ1) is 23.2. The number of carbonyl (C=O) groups is 4. The second-order valence-corrected chi connectivity index (χ2v) is 15.2. The Balaban J connectivity index is 1.35. The fourth-order valence-electron chi connectivity index (χ4n) is 9.81. The molecule has 2 amide bonds. The summed E-state index contributed by atoms with van der Waals surface area (Å²) in [6.45, 7) is 4.69. The van der Waals surface area contributed by atoms with Crippen molar-refractivity contribution in [2.45, 2.75) is 70.2 Å². The minimum absolute atomic E-state index is 0.159. The Kier molecular flexibility index (Phi) is 9.06. The van der Waals surface area contributed by atoms with Gasteiger partial charge in [-0.25, -0.2) is 18.3 Å². The largest absolute Gasteiger partial charge is 0.447 e. The van der Waals surface area contributed by atoms with E-state index in [4.69, 9.17) is 15.2 Å². The van der Waals surface area contributed by atoms with Gasteiger partial charge in [0.2, 0.25) is 11.0 Å². The number of hydrogen-bond acceptors (Lipinski definition) is 9. The molecule has 49 heavy (non-hydrogen) atoms. The summed E-state index contributed by atoms with van der Waals surface area (Å²) >= 11 is 0.433.